The molecule has 0 aromatic heterocycles. The molecule has 1 amide bonds. The standard InChI is InChI=1S/C29H26N2O5/c1-3-34-23-15-10-22(11-16-23)29(33)36-27-17-12-21-6-4-5-7-25(21)26(27)18-30-31-28(32)19-35-24-13-8-20(2)9-14-24/h4-18H,3,19H2,1-2H3,(H,31,32)/b30-18+. The molecule has 182 valence electrons. The molecular weight excluding hydrogens is 456 g/mol. The van der Waals surface area contributed by atoms with Gasteiger partial charge in [-0.15, -0.1) is 0 Å². The minimum atomic E-state index is -0.515. The molecule has 0 heterocycles. The maximum absolute atomic E-state index is 12.8. The number of benzene rings is 4. The first kappa shape index (κ1) is 24.5. The topological polar surface area (TPSA) is 86.2 Å². The summed E-state index contributed by atoms with van der Waals surface area (Å²) in [4.78, 5) is 25.0. The van der Waals surface area contributed by atoms with Crippen LogP contribution in [0.1, 0.15) is 28.4 Å². The third-order valence-electron chi connectivity index (χ3n) is 5.31. The number of nitrogens with one attached hydrogen (secondary N) is 1. The molecule has 0 radical (unpaired) electrons. The van der Waals surface area contributed by atoms with Crippen molar-refractivity contribution in [3.63, 3.8) is 0 Å². The lowest BCUT2D eigenvalue weighted by Gasteiger charge is -2.11. The van der Waals surface area contributed by atoms with Crippen LogP contribution >= 0.6 is 0 Å². The number of aryl methyl sites for hydroxylation is 1. The molecule has 0 aliphatic rings. The van der Waals surface area contributed by atoms with Gasteiger partial charge in [-0.2, -0.15) is 5.10 Å². The summed E-state index contributed by atoms with van der Waals surface area (Å²) in [6.45, 7) is 4.22. The number of hydrazone groups is 1. The van der Waals surface area contributed by atoms with Gasteiger partial charge in [-0.1, -0.05) is 48.0 Å². The van der Waals surface area contributed by atoms with Gasteiger partial charge in [-0.05, 0) is 67.1 Å². The lowest BCUT2D eigenvalue weighted by atomic mass is 10.0. The van der Waals surface area contributed by atoms with E-state index in [0.717, 1.165) is 16.3 Å². The van der Waals surface area contributed by atoms with Gasteiger partial charge in [0.2, 0.25) is 0 Å². The molecule has 0 bridgehead atoms. The number of hydrogen-bond acceptors (Lipinski definition) is 6. The summed E-state index contributed by atoms with van der Waals surface area (Å²) < 4.78 is 16.6. The zero-order valence-corrected chi connectivity index (χ0v) is 20.1. The minimum absolute atomic E-state index is 0.185. The highest BCUT2D eigenvalue weighted by Gasteiger charge is 2.14. The van der Waals surface area contributed by atoms with Crippen molar-refractivity contribution in [1.82, 2.24) is 5.43 Å². The summed E-state index contributed by atoms with van der Waals surface area (Å²) in [6.07, 6.45) is 1.47. The van der Waals surface area contributed by atoms with E-state index in [0.29, 0.717) is 35.0 Å². The van der Waals surface area contributed by atoms with Crippen LogP contribution < -0.4 is 19.6 Å². The molecule has 0 aliphatic carbocycles. The Morgan fingerprint density at radius 2 is 1.56 bits per heavy atom. The number of carbonyl (C=O) groups is 2. The highest BCUT2D eigenvalue weighted by Crippen LogP contribution is 2.27. The first-order valence-electron chi connectivity index (χ1n) is 11.5. The van der Waals surface area contributed by atoms with Gasteiger partial charge < -0.3 is 14.2 Å². The van der Waals surface area contributed by atoms with Gasteiger partial charge in [0.15, 0.2) is 6.61 Å². The minimum Gasteiger partial charge on any atom is -0.494 e. The molecule has 7 heteroatoms. The average Bonchev–Trinajstić information content (AvgIpc) is 2.90. The largest absolute Gasteiger partial charge is 0.494 e. The number of nitrogens with zero attached hydrogens (tertiary/aromatic N) is 1. The van der Waals surface area contributed by atoms with Crippen LogP contribution in [0, 0.1) is 6.92 Å². The summed E-state index contributed by atoms with van der Waals surface area (Å²) in [5, 5.41) is 5.84. The van der Waals surface area contributed by atoms with E-state index in [9.17, 15) is 9.59 Å². The van der Waals surface area contributed by atoms with E-state index in [1.165, 1.54) is 6.21 Å². The zero-order valence-electron chi connectivity index (χ0n) is 20.1. The van der Waals surface area contributed by atoms with Crippen molar-refractivity contribution < 1.29 is 23.8 Å². The Morgan fingerprint density at radius 3 is 2.31 bits per heavy atom. The number of hydrogen-bond donors (Lipinski definition) is 1. The maximum atomic E-state index is 12.8. The fourth-order valence-electron chi connectivity index (χ4n) is 3.49. The van der Waals surface area contributed by atoms with Crippen molar-refractivity contribution in [2.45, 2.75) is 13.8 Å². The Kier molecular flexibility index (Phi) is 7.93. The maximum Gasteiger partial charge on any atom is 0.343 e. The molecule has 0 fully saturated rings. The van der Waals surface area contributed by atoms with E-state index < -0.39 is 11.9 Å². The summed E-state index contributed by atoms with van der Waals surface area (Å²) in [7, 11) is 0. The number of esters is 1. The number of rotatable bonds is 9. The van der Waals surface area contributed by atoms with E-state index in [1.807, 2.05) is 56.3 Å². The summed E-state index contributed by atoms with van der Waals surface area (Å²) in [6, 6.07) is 25.3. The average molecular weight is 483 g/mol. The summed E-state index contributed by atoms with van der Waals surface area (Å²) in [5.74, 6) is 0.659. The monoisotopic (exact) mass is 482 g/mol. The van der Waals surface area contributed by atoms with Gasteiger partial charge in [0, 0.05) is 5.56 Å². The molecule has 36 heavy (non-hydrogen) atoms. The number of carbonyl (C=O) groups excluding carboxylic acids is 2. The predicted molar refractivity (Wildman–Crippen MR) is 139 cm³/mol. The zero-order chi connectivity index (χ0) is 25.3. The molecule has 1 N–H and O–H groups in total. The molecular formula is C29H26N2O5. The van der Waals surface area contributed by atoms with Crippen molar-refractivity contribution in [3.05, 3.63) is 102 Å². The Labute approximate surface area is 209 Å². The molecule has 0 aliphatic heterocycles. The molecule has 4 rings (SSSR count). The summed E-state index contributed by atoms with van der Waals surface area (Å²) >= 11 is 0. The second-order valence-electron chi connectivity index (χ2n) is 7.94. The SMILES string of the molecule is CCOc1ccc(C(=O)Oc2ccc3ccccc3c2/C=N/NC(=O)COc2ccc(C)cc2)cc1. The predicted octanol–water partition coefficient (Wildman–Crippen LogP) is 5.30. The molecule has 0 spiro atoms. The van der Waals surface area contributed by atoms with Crippen molar-refractivity contribution in [2.75, 3.05) is 13.2 Å². The number of fused-ring (bicyclic) bond motifs is 1. The van der Waals surface area contributed by atoms with Crippen LogP contribution in [-0.2, 0) is 4.79 Å². The third-order valence-corrected chi connectivity index (χ3v) is 5.31. The van der Waals surface area contributed by atoms with E-state index in [4.69, 9.17) is 14.2 Å². The highest BCUT2D eigenvalue weighted by atomic mass is 16.5. The van der Waals surface area contributed by atoms with E-state index in [2.05, 4.69) is 10.5 Å². The van der Waals surface area contributed by atoms with Crippen LogP contribution in [0.25, 0.3) is 10.8 Å². The van der Waals surface area contributed by atoms with Crippen molar-refractivity contribution >= 4 is 28.9 Å². The number of ether oxygens (including phenoxy) is 3. The molecule has 7 nitrogen and oxygen atoms in total. The first-order chi connectivity index (χ1) is 17.5. The molecule has 0 saturated heterocycles. The molecule has 4 aromatic rings. The van der Waals surface area contributed by atoms with Crippen LogP contribution in [0.2, 0.25) is 0 Å². The Hall–Kier alpha value is -4.65. The molecule has 0 saturated carbocycles. The Balaban J connectivity index is 1.48. The molecule has 4 aromatic carbocycles. The van der Waals surface area contributed by atoms with Crippen LogP contribution in [-0.4, -0.2) is 31.3 Å². The van der Waals surface area contributed by atoms with Gasteiger partial charge in [-0.3, -0.25) is 4.79 Å². The van der Waals surface area contributed by atoms with Gasteiger partial charge in [0.1, 0.15) is 17.2 Å². The third kappa shape index (κ3) is 6.27. The first-order valence-corrected chi connectivity index (χ1v) is 11.5. The van der Waals surface area contributed by atoms with Gasteiger partial charge in [0.25, 0.3) is 5.91 Å². The van der Waals surface area contributed by atoms with E-state index in [-0.39, 0.29) is 6.61 Å². The number of amides is 1. The van der Waals surface area contributed by atoms with Crippen molar-refractivity contribution in [2.24, 2.45) is 5.10 Å². The van der Waals surface area contributed by atoms with Crippen LogP contribution in [0.15, 0.2) is 90.0 Å². The molecule has 0 unspecified atom stereocenters. The fourth-order valence-corrected chi connectivity index (χ4v) is 3.49. The van der Waals surface area contributed by atoms with Gasteiger partial charge in [0.05, 0.1) is 18.4 Å². The van der Waals surface area contributed by atoms with Gasteiger partial charge in [-0.25, -0.2) is 10.2 Å². The normalized spacial score (nSPS) is 10.8. The van der Waals surface area contributed by atoms with Crippen LogP contribution in [0.4, 0.5) is 0 Å². The van der Waals surface area contributed by atoms with E-state index >= 15 is 0 Å². The highest BCUT2D eigenvalue weighted by molar-refractivity contribution is 6.04. The van der Waals surface area contributed by atoms with Crippen molar-refractivity contribution in [3.8, 4) is 17.2 Å². The second-order valence-corrected chi connectivity index (χ2v) is 7.94. The Bertz CT molecular complexity index is 1380. The van der Waals surface area contributed by atoms with Crippen LogP contribution in [0.3, 0.4) is 0 Å². The van der Waals surface area contributed by atoms with Gasteiger partial charge >= 0.3 is 5.97 Å². The Morgan fingerprint density at radius 1 is 0.861 bits per heavy atom. The lowest BCUT2D eigenvalue weighted by Crippen LogP contribution is -2.24. The second kappa shape index (κ2) is 11.7. The fraction of sp³-hybridized carbons (Fsp3) is 0.138. The smallest absolute Gasteiger partial charge is 0.343 e. The van der Waals surface area contributed by atoms with E-state index in [1.54, 1.807) is 42.5 Å². The van der Waals surface area contributed by atoms with Crippen molar-refractivity contribution in [1.29, 1.82) is 0 Å². The molecule has 0 atom stereocenters. The van der Waals surface area contributed by atoms with Crippen LogP contribution in [0.5, 0.6) is 17.2 Å². The lowest BCUT2D eigenvalue weighted by molar-refractivity contribution is -0.123. The quantitative estimate of drug-likeness (QED) is 0.152. The summed E-state index contributed by atoms with van der Waals surface area (Å²) in [5.41, 5.74) is 4.51.